The molecule has 0 unspecified atom stereocenters. The topological polar surface area (TPSA) is 34.9 Å². The van der Waals surface area contributed by atoms with Gasteiger partial charge in [-0.1, -0.05) is 19.3 Å². The molecule has 1 saturated carbocycles. The third-order valence-electron chi connectivity index (χ3n) is 3.69. The second-order valence-corrected chi connectivity index (χ2v) is 4.94. The standard InChI is InChI=1S/C13H20N2O/c1-10-8-14-15(13(16)11(10)2)9-12-6-4-3-5-7-12/h8,12H,3-7,9H2,1-2H3. The minimum Gasteiger partial charge on any atom is -0.268 e. The molecule has 1 fully saturated rings. The average Bonchev–Trinajstić information content (AvgIpc) is 2.31. The van der Waals surface area contributed by atoms with Gasteiger partial charge in [0.15, 0.2) is 0 Å². The van der Waals surface area contributed by atoms with Gasteiger partial charge in [-0.2, -0.15) is 5.10 Å². The van der Waals surface area contributed by atoms with Crippen LogP contribution in [0.3, 0.4) is 0 Å². The van der Waals surface area contributed by atoms with Gasteiger partial charge in [-0.3, -0.25) is 4.79 Å². The average molecular weight is 220 g/mol. The van der Waals surface area contributed by atoms with Crippen molar-refractivity contribution in [2.45, 2.75) is 52.5 Å². The molecule has 0 radical (unpaired) electrons. The largest absolute Gasteiger partial charge is 0.269 e. The molecule has 1 heterocycles. The van der Waals surface area contributed by atoms with Crippen molar-refractivity contribution in [3.63, 3.8) is 0 Å². The summed E-state index contributed by atoms with van der Waals surface area (Å²) in [5.41, 5.74) is 1.92. The molecular formula is C13H20N2O. The van der Waals surface area contributed by atoms with E-state index >= 15 is 0 Å². The monoisotopic (exact) mass is 220 g/mol. The van der Waals surface area contributed by atoms with E-state index in [2.05, 4.69) is 5.10 Å². The normalized spacial score (nSPS) is 17.6. The van der Waals surface area contributed by atoms with Crippen molar-refractivity contribution in [3.05, 3.63) is 27.7 Å². The zero-order chi connectivity index (χ0) is 11.5. The molecule has 16 heavy (non-hydrogen) atoms. The molecule has 0 amide bonds. The Morgan fingerprint density at radius 1 is 1.31 bits per heavy atom. The molecule has 2 rings (SSSR count). The minimum absolute atomic E-state index is 0.0885. The first-order valence-corrected chi connectivity index (χ1v) is 6.22. The molecule has 1 aliphatic rings. The Balaban J connectivity index is 2.15. The third-order valence-corrected chi connectivity index (χ3v) is 3.69. The summed E-state index contributed by atoms with van der Waals surface area (Å²) < 4.78 is 1.65. The summed E-state index contributed by atoms with van der Waals surface area (Å²) in [6, 6.07) is 0. The summed E-state index contributed by atoms with van der Waals surface area (Å²) in [5, 5.41) is 4.24. The van der Waals surface area contributed by atoms with Gasteiger partial charge in [0.1, 0.15) is 0 Å². The first-order chi connectivity index (χ1) is 7.68. The van der Waals surface area contributed by atoms with Gasteiger partial charge in [-0.25, -0.2) is 4.68 Å². The van der Waals surface area contributed by atoms with Crippen LogP contribution >= 0.6 is 0 Å². The van der Waals surface area contributed by atoms with Crippen molar-refractivity contribution < 1.29 is 0 Å². The molecule has 3 nitrogen and oxygen atoms in total. The van der Waals surface area contributed by atoms with Crippen LogP contribution in [-0.4, -0.2) is 9.78 Å². The molecule has 0 spiro atoms. The van der Waals surface area contributed by atoms with Crippen LogP contribution in [-0.2, 0) is 6.54 Å². The highest BCUT2D eigenvalue weighted by Gasteiger charge is 2.15. The van der Waals surface area contributed by atoms with Crippen LogP contribution in [0.2, 0.25) is 0 Å². The molecule has 1 aromatic rings. The highest BCUT2D eigenvalue weighted by atomic mass is 16.1. The molecule has 0 saturated heterocycles. The summed E-state index contributed by atoms with van der Waals surface area (Å²) in [4.78, 5) is 12.0. The Morgan fingerprint density at radius 3 is 2.69 bits per heavy atom. The smallest absolute Gasteiger partial charge is 0.268 e. The lowest BCUT2D eigenvalue weighted by atomic mass is 9.89. The Labute approximate surface area is 96.5 Å². The second-order valence-electron chi connectivity index (χ2n) is 4.94. The fraction of sp³-hybridized carbons (Fsp3) is 0.692. The van der Waals surface area contributed by atoms with Gasteiger partial charge in [-0.15, -0.1) is 0 Å². The molecule has 0 aromatic carbocycles. The highest BCUT2D eigenvalue weighted by molar-refractivity contribution is 5.16. The summed E-state index contributed by atoms with van der Waals surface area (Å²) in [5.74, 6) is 0.654. The molecule has 88 valence electrons. The first kappa shape index (κ1) is 11.4. The van der Waals surface area contributed by atoms with Gasteiger partial charge in [0, 0.05) is 12.1 Å². The van der Waals surface area contributed by atoms with E-state index in [1.165, 1.54) is 32.1 Å². The maximum atomic E-state index is 12.0. The Hall–Kier alpha value is -1.12. The quantitative estimate of drug-likeness (QED) is 0.767. The van der Waals surface area contributed by atoms with Gasteiger partial charge in [0.2, 0.25) is 0 Å². The molecule has 0 bridgehead atoms. The van der Waals surface area contributed by atoms with E-state index in [4.69, 9.17) is 0 Å². The summed E-state index contributed by atoms with van der Waals surface area (Å²) >= 11 is 0. The van der Waals surface area contributed by atoms with E-state index in [9.17, 15) is 4.79 Å². The fourth-order valence-corrected chi connectivity index (χ4v) is 2.41. The lowest BCUT2D eigenvalue weighted by molar-refractivity contribution is 0.302. The van der Waals surface area contributed by atoms with Crippen LogP contribution < -0.4 is 5.56 Å². The van der Waals surface area contributed by atoms with Crippen molar-refractivity contribution in [1.29, 1.82) is 0 Å². The van der Waals surface area contributed by atoms with Gasteiger partial charge < -0.3 is 0 Å². The Kier molecular flexibility index (Phi) is 3.42. The SMILES string of the molecule is Cc1cnn(CC2CCCCC2)c(=O)c1C. The zero-order valence-electron chi connectivity index (χ0n) is 10.2. The maximum absolute atomic E-state index is 12.0. The van der Waals surface area contributed by atoms with E-state index in [0.29, 0.717) is 5.92 Å². The van der Waals surface area contributed by atoms with Crippen LogP contribution in [0, 0.1) is 19.8 Å². The first-order valence-electron chi connectivity index (χ1n) is 6.22. The van der Waals surface area contributed by atoms with E-state index in [1.807, 2.05) is 13.8 Å². The number of nitrogens with zero attached hydrogens (tertiary/aromatic N) is 2. The summed E-state index contributed by atoms with van der Waals surface area (Å²) in [6.45, 7) is 4.63. The molecule has 0 aliphatic heterocycles. The van der Waals surface area contributed by atoms with Gasteiger partial charge in [0.25, 0.3) is 5.56 Å². The maximum Gasteiger partial charge on any atom is 0.269 e. The second kappa shape index (κ2) is 4.81. The van der Waals surface area contributed by atoms with Crippen LogP contribution in [0.4, 0.5) is 0 Å². The van der Waals surface area contributed by atoms with Crippen LogP contribution in [0.25, 0.3) is 0 Å². The van der Waals surface area contributed by atoms with Gasteiger partial charge in [-0.05, 0) is 38.2 Å². The number of aryl methyl sites for hydroxylation is 1. The van der Waals surface area contributed by atoms with E-state index in [0.717, 1.165) is 17.7 Å². The number of rotatable bonds is 2. The van der Waals surface area contributed by atoms with Gasteiger partial charge >= 0.3 is 0 Å². The van der Waals surface area contributed by atoms with Gasteiger partial charge in [0.05, 0.1) is 6.20 Å². The Morgan fingerprint density at radius 2 is 2.00 bits per heavy atom. The third kappa shape index (κ3) is 2.34. The predicted molar refractivity (Wildman–Crippen MR) is 64.5 cm³/mol. The number of hydrogen-bond donors (Lipinski definition) is 0. The molecule has 1 aliphatic carbocycles. The van der Waals surface area contributed by atoms with Crippen molar-refractivity contribution >= 4 is 0 Å². The van der Waals surface area contributed by atoms with Crippen molar-refractivity contribution in [2.75, 3.05) is 0 Å². The minimum atomic E-state index is 0.0885. The fourth-order valence-electron chi connectivity index (χ4n) is 2.41. The lowest BCUT2D eigenvalue weighted by Gasteiger charge is -2.21. The number of hydrogen-bond acceptors (Lipinski definition) is 2. The van der Waals surface area contributed by atoms with E-state index < -0.39 is 0 Å². The van der Waals surface area contributed by atoms with Crippen molar-refractivity contribution in [1.82, 2.24) is 9.78 Å². The van der Waals surface area contributed by atoms with E-state index in [-0.39, 0.29) is 5.56 Å². The van der Waals surface area contributed by atoms with Crippen molar-refractivity contribution in [3.8, 4) is 0 Å². The van der Waals surface area contributed by atoms with Crippen LogP contribution in [0.15, 0.2) is 11.0 Å². The summed E-state index contributed by atoms with van der Waals surface area (Å²) in [7, 11) is 0. The lowest BCUT2D eigenvalue weighted by Crippen LogP contribution is -2.29. The zero-order valence-corrected chi connectivity index (χ0v) is 10.2. The Bertz CT molecular complexity index is 416. The predicted octanol–water partition coefficient (Wildman–Crippen LogP) is 2.44. The molecular weight excluding hydrogens is 200 g/mol. The highest BCUT2D eigenvalue weighted by Crippen LogP contribution is 2.24. The summed E-state index contributed by atoms with van der Waals surface area (Å²) in [6.07, 6.45) is 8.28. The molecule has 1 aromatic heterocycles. The van der Waals surface area contributed by atoms with Crippen LogP contribution in [0.1, 0.15) is 43.2 Å². The van der Waals surface area contributed by atoms with E-state index in [1.54, 1.807) is 10.9 Å². The molecule has 0 N–H and O–H groups in total. The van der Waals surface area contributed by atoms with Crippen molar-refractivity contribution in [2.24, 2.45) is 5.92 Å². The number of aromatic nitrogens is 2. The molecule has 0 atom stereocenters. The molecule has 3 heteroatoms. The van der Waals surface area contributed by atoms with Crippen LogP contribution in [0.5, 0.6) is 0 Å².